The number of carbonyl (C=O) groups excluding carboxylic acids is 3. The third-order valence-corrected chi connectivity index (χ3v) is 11.8. The number of aliphatic hydroxyl groups excluding tert-OH is 2. The van der Waals surface area contributed by atoms with Gasteiger partial charge in [0, 0.05) is 24.2 Å². The fraction of sp³-hybridized carbons (Fsp3) is 0.833. The molecule has 0 bridgehead atoms. The van der Waals surface area contributed by atoms with E-state index in [1.54, 1.807) is 19.9 Å². The van der Waals surface area contributed by atoms with Crippen LogP contribution in [0.25, 0.3) is 0 Å². The lowest BCUT2D eigenvalue weighted by Gasteiger charge is -2.60. The normalized spacial score (nSPS) is 47.7. The van der Waals surface area contributed by atoms with Gasteiger partial charge in [0.2, 0.25) is 0 Å². The van der Waals surface area contributed by atoms with Crippen LogP contribution < -0.4 is 0 Å². The number of esters is 2. The molecule has 0 aromatic carbocycles. The SMILES string of the molecule is CC(=O)O[C@@H]1C[C@H]2C(=O)C=C3[C@H](CC[C@]4(C)[C@@H]([C@@](C)(O)[C@H](O)C[C@@H]5COC(=O)[C@H]5C)CC[C@@]34O)[C@@]2(C)C[C@@H]1O. The van der Waals surface area contributed by atoms with Crippen LogP contribution in [0, 0.1) is 40.4 Å². The van der Waals surface area contributed by atoms with Crippen molar-refractivity contribution in [3.63, 3.8) is 0 Å². The third kappa shape index (κ3) is 4.13. The van der Waals surface area contributed by atoms with E-state index in [0.717, 1.165) is 0 Å². The minimum Gasteiger partial charge on any atom is -0.465 e. The highest BCUT2D eigenvalue weighted by atomic mass is 16.6. The average Bonchev–Trinajstić information content (AvgIpc) is 3.31. The van der Waals surface area contributed by atoms with Crippen molar-refractivity contribution in [2.24, 2.45) is 40.4 Å². The zero-order valence-electron chi connectivity index (χ0n) is 23.7. The fourth-order valence-electron chi connectivity index (χ4n) is 9.32. The van der Waals surface area contributed by atoms with E-state index in [0.29, 0.717) is 31.3 Å². The number of hydrogen-bond acceptors (Lipinski definition) is 9. The first-order valence-electron chi connectivity index (χ1n) is 14.5. The highest BCUT2D eigenvalue weighted by Crippen LogP contribution is 2.68. The smallest absolute Gasteiger partial charge is 0.309 e. The summed E-state index contributed by atoms with van der Waals surface area (Å²) >= 11 is 0. The number of aliphatic hydroxyl groups is 4. The molecule has 3 saturated carbocycles. The summed E-state index contributed by atoms with van der Waals surface area (Å²) in [5.41, 5.74) is -3.58. The number of hydrogen-bond donors (Lipinski definition) is 4. The second-order valence-electron chi connectivity index (χ2n) is 13.8. The molecule has 12 atom stereocenters. The number of ether oxygens (including phenoxy) is 2. The highest BCUT2D eigenvalue weighted by molar-refractivity contribution is 5.95. The Morgan fingerprint density at radius 3 is 2.54 bits per heavy atom. The summed E-state index contributed by atoms with van der Waals surface area (Å²) in [5.74, 6) is -2.44. The van der Waals surface area contributed by atoms with Crippen LogP contribution in [0.15, 0.2) is 11.6 Å². The molecule has 4 fully saturated rings. The van der Waals surface area contributed by atoms with Crippen molar-refractivity contribution in [1.82, 2.24) is 0 Å². The molecule has 0 unspecified atom stereocenters. The zero-order valence-corrected chi connectivity index (χ0v) is 23.7. The summed E-state index contributed by atoms with van der Waals surface area (Å²) in [4.78, 5) is 37.0. The Balaban J connectivity index is 1.42. The Morgan fingerprint density at radius 2 is 1.92 bits per heavy atom. The highest BCUT2D eigenvalue weighted by Gasteiger charge is 2.69. The van der Waals surface area contributed by atoms with E-state index < -0.39 is 58.1 Å². The van der Waals surface area contributed by atoms with E-state index in [2.05, 4.69) is 0 Å². The maximum Gasteiger partial charge on any atom is 0.309 e. The lowest BCUT2D eigenvalue weighted by molar-refractivity contribution is -0.183. The monoisotopic (exact) mass is 548 g/mol. The van der Waals surface area contributed by atoms with Gasteiger partial charge < -0.3 is 29.9 Å². The molecule has 4 N–H and O–H groups in total. The summed E-state index contributed by atoms with van der Waals surface area (Å²) in [7, 11) is 0. The van der Waals surface area contributed by atoms with Crippen LogP contribution in [-0.2, 0) is 23.9 Å². The van der Waals surface area contributed by atoms with E-state index in [4.69, 9.17) is 9.47 Å². The largest absolute Gasteiger partial charge is 0.465 e. The van der Waals surface area contributed by atoms with Crippen LogP contribution in [-0.4, -0.2) is 74.3 Å². The number of fused-ring (bicyclic) bond motifs is 5. The van der Waals surface area contributed by atoms with Crippen LogP contribution in [0.5, 0.6) is 0 Å². The second-order valence-corrected chi connectivity index (χ2v) is 13.8. The van der Waals surface area contributed by atoms with E-state index in [9.17, 15) is 34.8 Å². The topological polar surface area (TPSA) is 151 Å². The van der Waals surface area contributed by atoms with Crippen molar-refractivity contribution in [3.8, 4) is 0 Å². The van der Waals surface area contributed by atoms with Crippen molar-refractivity contribution >= 4 is 17.7 Å². The van der Waals surface area contributed by atoms with E-state index in [1.165, 1.54) is 6.92 Å². The van der Waals surface area contributed by atoms with Crippen molar-refractivity contribution in [3.05, 3.63) is 11.6 Å². The van der Waals surface area contributed by atoms with E-state index in [1.807, 2.05) is 13.8 Å². The maximum absolute atomic E-state index is 13.6. The molecule has 39 heavy (non-hydrogen) atoms. The minimum atomic E-state index is -1.53. The van der Waals surface area contributed by atoms with Gasteiger partial charge in [0.15, 0.2) is 5.78 Å². The van der Waals surface area contributed by atoms with Gasteiger partial charge in [0.25, 0.3) is 0 Å². The summed E-state index contributed by atoms with van der Waals surface area (Å²) in [6, 6.07) is 0. The molecular formula is C30H44O9. The first-order valence-corrected chi connectivity index (χ1v) is 14.5. The predicted octanol–water partition coefficient (Wildman–Crippen LogP) is 2.07. The van der Waals surface area contributed by atoms with Crippen LogP contribution in [0.3, 0.4) is 0 Å². The van der Waals surface area contributed by atoms with Gasteiger partial charge in [-0.1, -0.05) is 20.8 Å². The molecule has 0 aromatic heterocycles. The van der Waals surface area contributed by atoms with Crippen LogP contribution in [0.1, 0.15) is 79.6 Å². The Morgan fingerprint density at radius 1 is 1.23 bits per heavy atom. The summed E-state index contributed by atoms with van der Waals surface area (Å²) in [6.45, 7) is 8.87. The van der Waals surface area contributed by atoms with Crippen molar-refractivity contribution < 1.29 is 44.3 Å². The molecule has 0 aromatic rings. The van der Waals surface area contributed by atoms with Gasteiger partial charge in [-0.2, -0.15) is 0 Å². The third-order valence-electron chi connectivity index (χ3n) is 11.8. The molecule has 1 heterocycles. The van der Waals surface area contributed by atoms with Gasteiger partial charge in [-0.3, -0.25) is 14.4 Å². The summed E-state index contributed by atoms with van der Waals surface area (Å²) < 4.78 is 10.5. The standard InChI is InChI=1S/C30H44O9/c1-15-17(14-38-26(15)35)10-25(34)29(5,36)24-7-9-30(37)19-11-21(32)20-12-23(39-16(2)31)22(33)13-27(20,3)18(19)6-8-28(24,30)4/h11,15,17-18,20,22-25,33-34,36-37H,6-10,12-14H2,1-5H3/t15-,17+,18-,20-,22-,23+,24-,25+,27+,28+,29+,30+/m0/s1. The van der Waals surface area contributed by atoms with Gasteiger partial charge in [-0.05, 0) is 80.8 Å². The molecule has 5 aliphatic rings. The Bertz CT molecular complexity index is 1080. The lowest BCUT2D eigenvalue weighted by Crippen LogP contribution is -2.63. The van der Waals surface area contributed by atoms with Gasteiger partial charge in [0.1, 0.15) is 6.10 Å². The Hall–Kier alpha value is -1.81. The maximum atomic E-state index is 13.6. The van der Waals surface area contributed by atoms with Crippen LogP contribution in [0.4, 0.5) is 0 Å². The minimum absolute atomic E-state index is 0.124. The van der Waals surface area contributed by atoms with Crippen molar-refractivity contribution in [2.75, 3.05) is 6.61 Å². The van der Waals surface area contributed by atoms with Gasteiger partial charge in [0.05, 0.1) is 35.9 Å². The molecule has 0 spiro atoms. The molecule has 1 aliphatic heterocycles. The number of carbonyl (C=O) groups is 3. The van der Waals surface area contributed by atoms with Crippen molar-refractivity contribution in [2.45, 2.75) is 109 Å². The number of allylic oxidation sites excluding steroid dienone is 1. The fourth-order valence-corrected chi connectivity index (χ4v) is 9.32. The molecule has 0 radical (unpaired) electrons. The number of cyclic esters (lactones) is 1. The van der Waals surface area contributed by atoms with Gasteiger partial charge in [-0.25, -0.2) is 0 Å². The van der Waals surface area contributed by atoms with E-state index in [-0.39, 0.29) is 55.4 Å². The molecule has 0 amide bonds. The van der Waals surface area contributed by atoms with Crippen molar-refractivity contribution in [1.29, 1.82) is 0 Å². The summed E-state index contributed by atoms with van der Waals surface area (Å²) in [6.07, 6.45) is 1.69. The molecule has 5 rings (SSSR count). The second kappa shape index (κ2) is 9.36. The molecular weight excluding hydrogens is 504 g/mol. The molecule has 1 saturated heterocycles. The van der Waals surface area contributed by atoms with Gasteiger partial charge >= 0.3 is 11.9 Å². The number of rotatable bonds is 5. The molecule has 9 nitrogen and oxygen atoms in total. The van der Waals surface area contributed by atoms with Crippen LogP contribution >= 0.6 is 0 Å². The summed E-state index contributed by atoms with van der Waals surface area (Å²) in [5, 5.41) is 46.3. The van der Waals surface area contributed by atoms with Crippen LogP contribution in [0.2, 0.25) is 0 Å². The lowest BCUT2D eigenvalue weighted by atomic mass is 9.45. The Labute approximate surface area is 229 Å². The first-order chi connectivity index (χ1) is 18.1. The number of ketones is 1. The Kier molecular flexibility index (Phi) is 6.89. The predicted molar refractivity (Wildman–Crippen MR) is 139 cm³/mol. The van der Waals surface area contributed by atoms with E-state index >= 15 is 0 Å². The zero-order chi connectivity index (χ0) is 28.7. The molecule has 9 heteroatoms. The van der Waals surface area contributed by atoms with Gasteiger partial charge in [-0.15, -0.1) is 0 Å². The molecule has 4 aliphatic carbocycles. The average molecular weight is 549 g/mol. The first kappa shape index (κ1) is 28.7. The quantitative estimate of drug-likeness (QED) is 0.379. The molecule has 218 valence electrons.